The standard InChI is InChI=1S/C6H13NO.CH3.K/c1-8-6-3-2-4-7-5-6;;/h6-7H,2-5H2,1H3;1H3;/q;-1;+1. The van der Waals surface area contributed by atoms with Gasteiger partial charge in [-0.1, -0.05) is 0 Å². The van der Waals surface area contributed by atoms with Crippen molar-refractivity contribution in [3.63, 3.8) is 0 Å². The molecular weight excluding hydrogens is 153 g/mol. The molecule has 1 fully saturated rings. The molecule has 3 heteroatoms. The van der Waals surface area contributed by atoms with Crippen LogP contribution in [0.2, 0.25) is 0 Å². The van der Waals surface area contributed by atoms with Gasteiger partial charge in [-0.3, -0.25) is 0 Å². The molecule has 2 nitrogen and oxygen atoms in total. The van der Waals surface area contributed by atoms with Gasteiger partial charge in [0.1, 0.15) is 0 Å². The van der Waals surface area contributed by atoms with E-state index in [1.54, 1.807) is 7.11 Å². The summed E-state index contributed by atoms with van der Waals surface area (Å²) in [5.41, 5.74) is 0. The van der Waals surface area contributed by atoms with Crippen LogP contribution in [0.25, 0.3) is 0 Å². The molecule has 0 radical (unpaired) electrons. The van der Waals surface area contributed by atoms with Crippen molar-refractivity contribution in [3.8, 4) is 0 Å². The molecule has 0 saturated carbocycles. The topological polar surface area (TPSA) is 21.3 Å². The summed E-state index contributed by atoms with van der Waals surface area (Å²) in [6.45, 7) is 2.20. The van der Waals surface area contributed by atoms with Gasteiger partial charge < -0.3 is 17.5 Å². The molecule has 1 unspecified atom stereocenters. The zero-order valence-corrected chi connectivity index (χ0v) is 10.4. The van der Waals surface area contributed by atoms with E-state index in [9.17, 15) is 0 Å². The second-order valence-electron chi connectivity index (χ2n) is 2.20. The van der Waals surface area contributed by atoms with E-state index in [1.807, 2.05) is 0 Å². The molecule has 0 aromatic carbocycles. The third-order valence-corrected chi connectivity index (χ3v) is 1.58. The molecule has 1 N–H and O–H groups in total. The molecule has 0 amide bonds. The van der Waals surface area contributed by atoms with E-state index in [2.05, 4.69) is 5.32 Å². The van der Waals surface area contributed by atoms with Crippen LogP contribution in [-0.4, -0.2) is 26.3 Å². The second kappa shape index (κ2) is 8.65. The van der Waals surface area contributed by atoms with Crippen molar-refractivity contribution in [2.75, 3.05) is 20.2 Å². The average molecular weight is 169 g/mol. The van der Waals surface area contributed by atoms with Crippen molar-refractivity contribution < 1.29 is 56.1 Å². The summed E-state index contributed by atoms with van der Waals surface area (Å²) in [7, 11) is 1.78. The monoisotopic (exact) mass is 169 g/mol. The van der Waals surface area contributed by atoms with Gasteiger partial charge in [-0.2, -0.15) is 0 Å². The number of hydrogen-bond donors (Lipinski definition) is 1. The summed E-state index contributed by atoms with van der Waals surface area (Å²) < 4.78 is 5.13. The van der Waals surface area contributed by atoms with Crippen LogP contribution in [0.15, 0.2) is 0 Å². The van der Waals surface area contributed by atoms with Crippen LogP contribution in [0.4, 0.5) is 0 Å². The van der Waals surface area contributed by atoms with Crippen LogP contribution in [0, 0.1) is 7.43 Å². The first-order valence-electron chi connectivity index (χ1n) is 3.17. The molecule has 1 aliphatic heterocycles. The van der Waals surface area contributed by atoms with Crippen LogP contribution in [0.5, 0.6) is 0 Å². The van der Waals surface area contributed by atoms with Gasteiger partial charge in [0, 0.05) is 13.7 Å². The molecule has 56 valence electrons. The predicted octanol–water partition coefficient (Wildman–Crippen LogP) is -2.16. The summed E-state index contributed by atoms with van der Waals surface area (Å²) in [6, 6.07) is 0. The summed E-state index contributed by atoms with van der Waals surface area (Å²) in [5.74, 6) is 0. The van der Waals surface area contributed by atoms with E-state index in [0.29, 0.717) is 6.10 Å². The third-order valence-electron chi connectivity index (χ3n) is 1.58. The number of hydrogen-bond acceptors (Lipinski definition) is 2. The van der Waals surface area contributed by atoms with E-state index in [-0.39, 0.29) is 58.8 Å². The first-order chi connectivity index (χ1) is 3.93. The number of nitrogens with one attached hydrogen (secondary N) is 1. The summed E-state index contributed by atoms with van der Waals surface area (Å²) >= 11 is 0. The van der Waals surface area contributed by atoms with Crippen LogP contribution >= 0.6 is 0 Å². The van der Waals surface area contributed by atoms with E-state index < -0.39 is 0 Å². The predicted molar refractivity (Wildman–Crippen MR) is 39.3 cm³/mol. The Balaban J connectivity index is 0. The fourth-order valence-corrected chi connectivity index (χ4v) is 1.02. The van der Waals surface area contributed by atoms with E-state index >= 15 is 0 Å². The summed E-state index contributed by atoms with van der Waals surface area (Å²) in [5, 5.41) is 3.26. The zero-order valence-electron chi connectivity index (χ0n) is 7.31. The molecule has 1 saturated heterocycles. The molecular formula is C7H16KNO. The molecule has 0 aromatic heterocycles. The van der Waals surface area contributed by atoms with Crippen molar-refractivity contribution in [2.45, 2.75) is 18.9 Å². The molecule has 1 aliphatic rings. The van der Waals surface area contributed by atoms with E-state index in [0.717, 1.165) is 6.54 Å². The van der Waals surface area contributed by atoms with Crippen LogP contribution in [-0.2, 0) is 4.74 Å². The molecule has 0 aromatic rings. The van der Waals surface area contributed by atoms with Crippen LogP contribution in [0.3, 0.4) is 0 Å². The minimum atomic E-state index is 0. The summed E-state index contributed by atoms with van der Waals surface area (Å²) in [4.78, 5) is 0. The minimum Gasteiger partial charge on any atom is -0.380 e. The Hall–Kier alpha value is 1.56. The maximum atomic E-state index is 5.13. The van der Waals surface area contributed by atoms with Gasteiger partial charge in [-0.15, -0.1) is 0 Å². The fourth-order valence-electron chi connectivity index (χ4n) is 1.02. The number of methoxy groups -OCH3 is 1. The van der Waals surface area contributed by atoms with Crippen molar-refractivity contribution >= 4 is 0 Å². The van der Waals surface area contributed by atoms with Gasteiger partial charge in [0.25, 0.3) is 0 Å². The number of rotatable bonds is 1. The number of ether oxygens (including phenoxy) is 1. The fraction of sp³-hybridized carbons (Fsp3) is 0.857. The quantitative estimate of drug-likeness (QED) is 0.357. The Kier molecular flexibility index (Phi) is 12.2. The number of piperidine rings is 1. The SMILES string of the molecule is COC1CCCNC1.[CH3-].[K+]. The van der Waals surface area contributed by atoms with Crippen LogP contribution in [0.1, 0.15) is 12.8 Å². The van der Waals surface area contributed by atoms with E-state index in [4.69, 9.17) is 4.74 Å². The Morgan fingerprint density at radius 1 is 1.50 bits per heavy atom. The second-order valence-corrected chi connectivity index (χ2v) is 2.20. The normalized spacial score (nSPS) is 24.3. The largest absolute Gasteiger partial charge is 1.00 e. The first-order valence-corrected chi connectivity index (χ1v) is 3.17. The maximum absolute atomic E-state index is 5.13. The van der Waals surface area contributed by atoms with Gasteiger partial charge in [0.15, 0.2) is 0 Å². The van der Waals surface area contributed by atoms with Crippen molar-refractivity contribution in [2.24, 2.45) is 0 Å². The molecule has 1 heterocycles. The van der Waals surface area contributed by atoms with Crippen molar-refractivity contribution in [1.29, 1.82) is 0 Å². The Morgan fingerprint density at radius 3 is 2.50 bits per heavy atom. The minimum absolute atomic E-state index is 0. The first kappa shape index (κ1) is 14.1. The van der Waals surface area contributed by atoms with E-state index in [1.165, 1.54) is 19.4 Å². The van der Waals surface area contributed by atoms with Crippen LogP contribution < -0.4 is 56.7 Å². The molecule has 1 rings (SSSR count). The van der Waals surface area contributed by atoms with Crippen molar-refractivity contribution in [3.05, 3.63) is 7.43 Å². The molecule has 1 atom stereocenters. The van der Waals surface area contributed by atoms with Crippen molar-refractivity contribution in [1.82, 2.24) is 5.32 Å². The van der Waals surface area contributed by atoms with Gasteiger partial charge in [-0.05, 0) is 19.4 Å². The Morgan fingerprint density at radius 2 is 2.20 bits per heavy atom. The van der Waals surface area contributed by atoms with Gasteiger partial charge in [0.05, 0.1) is 6.10 Å². The van der Waals surface area contributed by atoms with Gasteiger partial charge >= 0.3 is 51.4 Å². The Bertz CT molecular complexity index is 64.6. The Labute approximate surface area is 107 Å². The zero-order chi connectivity index (χ0) is 5.82. The van der Waals surface area contributed by atoms with Gasteiger partial charge in [-0.25, -0.2) is 0 Å². The maximum Gasteiger partial charge on any atom is 1.00 e. The average Bonchev–Trinajstić information content (AvgIpc) is 1.90. The summed E-state index contributed by atoms with van der Waals surface area (Å²) in [6.07, 6.45) is 2.96. The molecule has 0 spiro atoms. The molecule has 0 aliphatic carbocycles. The smallest absolute Gasteiger partial charge is 0.380 e. The third kappa shape index (κ3) is 5.24. The van der Waals surface area contributed by atoms with Gasteiger partial charge in [0.2, 0.25) is 0 Å². The molecule has 0 bridgehead atoms. The molecule has 10 heavy (non-hydrogen) atoms.